The molecule has 8 heteroatoms. The molecule has 3 heterocycles. The average molecular weight is 518 g/mol. The van der Waals surface area contributed by atoms with E-state index in [-0.39, 0.29) is 23.5 Å². The first-order chi connectivity index (χ1) is 16.9. The number of aliphatic hydroxyl groups excluding tert-OH is 1. The van der Waals surface area contributed by atoms with Crippen molar-refractivity contribution in [3.05, 3.63) is 58.1 Å². The van der Waals surface area contributed by atoms with Gasteiger partial charge in [0.05, 0.1) is 16.1 Å². The number of rotatable bonds is 4. The van der Waals surface area contributed by atoms with E-state index in [0.29, 0.717) is 41.4 Å². The smallest absolute Gasteiger partial charge is 0.321 e. The Kier molecular flexibility index (Phi) is 7.18. The van der Waals surface area contributed by atoms with Crippen molar-refractivity contribution in [1.29, 1.82) is 0 Å². The molecule has 2 saturated heterocycles. The molecule has 35 heavy (non-hydrogen) atoms. The molecule has 3 aliphatic heterocycles. The van der Waals surface area contributed by atoms with E-state index < -0.39 is 0 Å². The SMILES string of the molecule is CC1Nc2ccccc2C12CCN(CC(O)C1CCN(C(=O)Nc3ccc(Cl)c(Cl)c3)CC1)CC2. The normalized spacial score (nSPS) is 23.1. The van der Waals surface area contributed by atoms with Gasteiger partial charge in [-0.2, -0.15) is 0 Å². The van der Waals surface area contributed by atoms with Gasteiger partial charge in [0.15, 0.2) is 0 Å². The molecule has 3 aliphatic rings. The van der Waals surface area contributed by atoms with Gasteiger partial charge < -0.3 is 25.5 Å². The molecule has 0 radical (unpaired) electrons. The van der Waals surface area contributed by atoms with Crippen LogP contribution >= 0.6 is 23.2 Å². The number of urea groups is 1. The van der Waals surface area contributed by atoms with Gasteiger partial charge in [-0.05, 0) is 81.4 Å². The average Bonchev–Trinajstić information content (AvgIpc) is 3.13. The highest BCUT2D eigenvalue weighted by Crippen LogP contribution is 2.47. The summed E-state index contributed by atoms with van der Waals surface area (Å²) in [6, 6.07) is 14.1. The number of β-amino-alcohol motifs (C(OH)–C–C–N with tert-alkyl or cyclic N) is 1. The maximum absolute atomic E-state index is 12.7. The van der Waals surface area contributed by atoms with E-state index in [0.717, 1.165) is 38.8 Å². The molecule has 0 aromatic heterocycles. The van der Waals surface area contributed by atoms with Gasteiger partial charge in [-0.25, -0.2) is 4.79 Å². The lowest BCUT2D eigenvalue weighted by atomic mass is 9.70. The van der Waals surface area contributed by atoms with Gasteiger partial charge >= 0.3 is 6.03 Å². The van der Waals surface area contributed by atoms with Crippen LogP contribution < -0.4 is 10.6 Å². The van der Waals surface area contributed by atoms with Gasteiger partial charge in [0, 0.05) is 42.5 Å². The lowest BCUT2D eigenvalue weighted by molar-refractivity contribution is 0.0248. The molecule has 2 fully saturated rings. The fourth-order valence-electron chi connectivity index (χ4n) is 6.16. The Labute approximate surface area is 217 Å². The van der Waals surface area contributed by atoms with E-state index in [1.165, 1.54) is 11.3 Å². The molecule has 2 aromatic carbocycles. The molecule has 5 rings (SSSR count). The summed E-state index contributed by atoms with van der Waals surface area (Å²) in [5.74, 6) is 0.215. The number of para-hydroxylation sites is 1. The number of amides is 2. The molecule has 2 aromatic rings. The van der Waals surface area contributed by atoms with Crippen LogP contribution in [0.25, 0.3) is 0 Å². The molecule has 2 atom stereocenters. The van der Waals surface area contributed by atoms with E-state index in [2.05, 4.69) is 46.7 Å². The maximum Gasteiger partial charge on any atom is 0.321 e. The minimum absolute atomic E-state index is 0.141. The van der Waals surface area contributed by atoms with E-state index in [4.69, 9.17) is 23.2 Å². The summed E-state index contributed by atoms with van der Waals surface area (Å²) in [5.41, 5.74) is 3.57. The largest absolute Gasteiger partial charge is 0.392 e. The quantitative estimate of drug-likeness (QED) is 0.505. The summed E-state index contributed by atoms with van der Waals surface area (Å²) in [5, 5.41) is 18.5. The van der Waals surface area contributed by atoms with Crippen molar-refractivity contribution < 1.29 is 9.90 Å². The zero-order chi connectivity index (χ0) is 24.6. The van der Waals surface area contributed by atoms with Gasteiger partial charge in [0.2, 0.25) is 0 Å². The number of nitrogens with one attached hydrogen (secondary N) is 2. The first-order valence-electron chi connectivity index (χ1n) is 12.6. The van der Waals surface area contributed by atoms with Gasteiger partial charge in [-0.15, -0.1) is 0 Å². The molecule has 0 aliphatic carbocycles. The Balaban J connectivity index is 1.09. The van der Waals surface area contributed by atoms with Crippen LogP contribution in [0.3, 0.4) is 0 Å². The van der Waals surface area contributed by atoms with Gasteiger partial charge in [-0.3, -0.25) is 0 Å². The molecular formula is C27H34Cl2N4O2. The Morgan fingerprint density at radius 3 is 2.54 bits per heavy atom. The van der Waals surface area contributed by atoms with E-state index >= 15 is 0 Å². The van der Waals surface area contributed by atoms with E-state index in [1.54, 1.807) is 18.2 Å². The summed E-state index contributed by atoms with van der Waals surface area (Å²) in [4.78, 5) is 16.9. The second-order valence-corrected chi connectivity index (χ2v) is 11.1. The summed E-state index contributed by atoms with van der Waals surface area (Å²) >= 11 is 12.0. The number of anilines is 2. The minimum atomic E-state index is -0.365. The zero-order valence-electron chi connectivity index (χ0n) is 20.1. The third-order valence-corrected chi connectivity index (χ3v) is 9.14. The van der Waals surface area contributed by atoms with Crippen LogP contribution in [0.5, 0.6) is 0 Å². The monoisotopic (exact) mass is 516 g/mol. The second-order valence-electron chi connectivity index (χ2n) is 10.3. The Morgan fingerprint density at radius 1 is 1.11 bits per heavy atom. The van der Waals surface area contributed by atoms with Gasteiger partial charge in [-0.1, -0.05) is 41.4 Å². The first-order valence-corrected chi connectivity index (χ1v) is 13.4. The number of hydrogen-bond donors (Lipinski definition) is 3. The molecule has 2 unspecified atom stereocenters. The van der Waals surface area contributed by atoms with Gasteiger partial charge in [0.1, 0.15) is 0 Å². The number of carbonyl (C=O) groups is 1. The van der Waals surface area contributed by atoms with Crippen LogP contribution in [-0.4, -0.2) is 65.8 Å². The summed E-state index contributed by atoms with van der Waals surface area (Å²) in [6.45, 7) is 6.29. The number of aliphatic hydroxyl groups is 1. The van der Waals surface area contributed by atoms with Crippen molar-refractivity contribution in [3.63, 3.8) is 0 Å². The molecule has 1 spiro atoms. The van der Waals surface area contributed by atoms with Crippen LogP contribution in [0.1, 0.15) is 38.2 Å². The summed E-state index contributed by atoms with van der Waals surface area (Å²) < 4.78 is 0. The second kappa shape index (κ2) is 10.2. The molecule has 2 amide bonds. The Morgan fingerprint density at radius 2 is 1.83 bits per heavy atom. The molecule has 3 N–H and O–H groups in total. The number of carbonyl (C=O) groups excluding carboxylic acids is 1. The topological polar surface area (TPSA) is 67.8 Å². The van der Waals surface area contributed by atoms with E-state index in [1.807, 2.05) is 4.90 Å². The fraction of sp³-hybridized carbons (Fsp3) is 0.519. The van der Waals surface area contributed by atoms with Crippen molar-refractivity contribution in [2.24, 2.45) is 5.92 Å². The predicted molar refractivity (Wildman–Crippen MR) is 143 cm³/mol. The highest BCUT2D eigenvalue weighted by Gasteiger charge is 2.46. The van der Waals surface area contributed by atoms with Crippen molar-refractivity contribution in [2.45, 2.75) is 50.2 Å². The number of likely N-dealkylation sites (tertiary alicyclic amines) is 2. The lowest BCUT2D eigenvalue weighted by Gasteiger charge is -2.43. The minimum Gasteiger partial charge on any atom is -0.392 e. The van der Waals surface area contributed by atoms with Crippen LogP contribution in [0.2, 0.25) is 10.0 Å². The van der Waals surface area contributed by atoms with Crippen LogP contribution in [0.4, 0.5) is 16.2 Å². The van der Waals surface area contributed by atoms with Crippen molar-refractivity contribution in [2.75, 3.05) is 43.4 Å². The van der Waals surface area contributed by atoms with E-state index in [9.17, 15) is 9.90 Å². The van der Waals surface area contributed by atoms with Crippen molar-refractivity contribution in [1.82, 2.24) is 9.80 Å². The summed E-state index contributed by atoms with van der Waals surface area (Å²) in [6.07, 6.45) is 3.47. The number of piperidine rings is 2. The molecule has 0 saturated carbocycles. The Bertz CT molecular complexity index is 1060. The van der Waals surface area contributed by atoms with Crippen molar-refractivity contribution in [3.8, 4) is 0 Å². The number of halogens is 2. The van der Waals surface area contributed by atoms with Crippen LogP contribution in [0, 0.1) is 5.92 Å². The summed E-state index contributed by atoms with van der Waals surface area (Å²) in [7, 11) is 0. The highest BCUT2D eigenvalue weighted by molar-refractivity contribution is 6.42. The fourth-order valence-corrected chi connectivity index (χ4v) is 6.46. The maximum atomic E-state index is 12.7. The molecular weight excluding hydrogens is 483 g/mol. The first kappa shape index (κ1) is 24.7. The van der Waals surface area contributed by atoms with Crippen LogP contribution in [0.15, 0.2) is 42.5 Å². The predicted octanol–water partition coefficient (Wildman–Crippen LogP) is 5.45. The third-order valence-electron chi connectivity index (χ3n) is 8.40. The van der Waals surface area contributed by atoms with Crippen molar-refractivity contribution >= 4 is 40.6 Å². The number of fused-ring (bicyclic) bond motifs is 2. The number of benzene rings is 2. The third kappa shape index (κ3) is 4.99. The lowest BCUT2D eigenvalue weighted by Crippen LogP contribution is -2.50. The Hall–Kier alpha value is -1.99. The van der Waals surface area contributed by atoms with Gasteiger partial charge in [0.25, 0.3) is 0 Å². The number of hydrogen-bond acceptors (Lipinski definition) is 4. The number of nitrogens with zero attached hydrogens (tertiary/aromatic N) is 2. The molecule has 0 bridgehead atoms. The zero-order valence-corrected chi connectivity index (χ0v) is 21.7. The highest BCUT2D eigenvalue weighted by atomic mass is 35.5. The van der Waals surface area contributed by atoms with Crippen LogP contribution in [-0.2, 0) is 5.41 Å². The molecule has 188 valence electrons. The standard InChI is InChI=1S/C27H34Cl2N4O2/c1-18-27(21-4-2-3-5-24(21)30-18)10-14-32(15-11-27)17-25(34)19-8-12-33(13-9-19)26(35)31-20-6-7-22(28)23(29)16-20/h2-7,16,18-19,25,30,34H,8-15,17H2,1H3,(H,31,35). The molecule has 6 nitrogen and oxygen atoms in total.